The maximum Gasteiger partial charge on any atom is 0.206 e. The Kier molecular flexibility index (Phi) is 6.48. The van der Waals surface area contributed by atoms with E-state index in [9.17, 15) is 0 Å². The highest BCUT2D eigenvalue weighted by molar-refractivity contribution is 5.82. The number of rotatable bonds is 7. The maximum atomic E-state index is 4.53. The summed E-state index contributed by atoms with van der Waals surface area (Å²) in [5.41, 5.74) is 4.09. The fraction of sp³-hybridized carbons (Fsp3) is 0.0769. The van der Waals surface area contributed by atoms with E-state index in [1.165, 1.54) is 0 Å². The molecular formula is C26H24N4+2. The van der Waals surface area contributed by atoms with Gasteiger partial charge in [0.15, 0.2) is 24.8 Å². The van der Waals surface area contributed by atoms with Crippen molar-refractivity contribution in [3.63, 3.8) is 0 Å². The average molecular weight is 393 g/mol. The van der Waals surface area contributed by atoms with Crippen LogP contribution in [0.5, 0.6) is 0 Å². The van der Waals surface area contributed by atoms with E-state index in [2.05, 4.69) is 43.9 Å². The lowest BCUT2D eigenvalue weighted by atomic mass is 10.2. The summed E-state index contributed by atoms with van der Waals surface area (Å²) in [6.45, 7) is 1.78. The predicted molar refractivity (Wildman–Crippen MR) is 121 cm³/mol. The van der Waals surface area contributed by atoms with Crippen LogP contribution < -0.4 is 9.13 Å². The van der Waals surface area contributed by atoms with Gasteiger partial charge >= 0.3 is 0 Å². The van der Waals surface area contributed by atoms with Crippen LogP contribution in [0.15, 0.2) is 120 Å². The Hall–Kier alpha value is -3.92. The van der Waals surface area contributed by atoms with Gasteiger partial charge in [-0.1, -0.05) is 60.7 Å². The second-order valence-corrected chi connectivity index (χ2v) is 6.93. The minimum Gasteiger partial charge on any atom is -0.256 e. The van der Waals surface area contributed by atoms with Crippen LogP contribution >= 0.6 is 0 Å². The van der Waals surface area contributed by atoms with Crippen LogP contribution in [0.2, 0.25) is 0 Å². The van der Waals surface area contributed by atoms with E-state index in [1.54, 1.807) is 0 Å². The van der Waals surface area contributed by atoms with Crippen LogP contribution in [0, 0.1) is 0 Å². The van der Waals surface area contributed by atoms with Crippen molar-refractivity contribution in [1.82, 2.24) is 0 Å². The second kappa shape index (κ2) is 10.0. The van der Waals surface area contributed by atoms with Crippen molar-refractivity contribution in [2.75, 3.05) is 0 Å². The Bertz CT molecular complexity index is 1010. The van der Waals surface area contributed by atoms with E-state index in [0.29, 0.717) is 0 Å². The number of aryl methyl sites for hydroxylation is 2. The number of nitrogens with zero attached hydrogens (tertiary/aromatic N) is 4. The molecule has 4 heteroatoms. The van der Waals surface area contributed by atoms with Gasteiger partial charge in [0, 0.05) is 36.7 Å². The molecule has 0 aliphatic rings. The van der Waals surface area contributed by atoms with Gasteiger partial charge in [0.2, 0.25) is 13.1 Å². The number of pyridine rings is 2. The lowest BCUT2D eigenvalue weighted by Gasteiger charge is -1.98. The van der Waals surface area contributed by atoms with Gasteiger partial charge in [-0.15, -0.1) is 0 Å². The zero-order valence-electron chi connectivity index (χ0n) is 16.8. The molecule has 0 bridgehead atoms. The van der Waals surface area contributed by atoms with Crippen molar-refractivity contribution in [2.45, 2.75) is 13.1 Å². The van der Waals surface area contributed by atoms with Gasteiger partial charge in [0.05, 0.1) is 11.4 Å². The van der Waals surface area contributed by atoms with Gasteiger partial charge in [-0.25, -0.2) is 0 Å². The number of benzene rings is 2. The van der Waals surface area contributed by atoms with E-state index < -0.39 is 0 Å². The third-order valence-corrected chi connectivity index (χ3v) is 4.69. The summed E-state index contributed by atoms with van der Waals surface area (Å²) in [4.78, 5) is 9.06. The van der Waals surface area contributed by atoms with E-state index in [0.717, 1.165) is 35.6 Å². The summed E-state index contributed by atoms with van der Waals surface area (Å²) in [5.74, 6) is 0. The molecule has 4 nitrogen and oxygen atoms in total. The zero-order chi connectivity index (χ0) is 20.4. The first kappa shape index (κ1) is 19.4. The zero-order valence-corrected chi connectivity index (χ0v) is 16.8. The van der Waals surface area contributed by atoms with Crippen molar-refractivity contribution in [3.8, 4) is 0 Å². The Labute approximate surface area is 177 Å². The molecule has 0 spiro atoms. The molecule has 0 aliphatic heterocycles. The largest absolute Gasteiger partial charge is 0.256 e. The molecule has 2 aromatic carbocycles. The first-order valence-corrected chi connectivity index (χ1v) is 10.0. The molecular weight excluding hydrogens is 368 g/mol. The molecule has 0 atom stereocenters. The minimum atomic E-state index is 0.889. The van der Waals surface area contributed by atoms with Crippen LogP contribution in [-0.4, -0.2) is 12.4 Å². The van der Waals surface area contributed by atoms with E-state index in [1.807, 2.05) is 97.4 Å². The quantitative estimate of drug-likeness (QED) is 0.329. The molecule has 4 rings (SSSR count). The van der Waals surface area contributed by atoms with Crippen LogP contribution in [-0.2, 0) is 13.1 Å². The number of aromatic nitrogens is 2. The molecule has 146 valence electrons. The molecule has 30 heavy (non-hydrogen) atoms. The summed E-state index contributed by atoms with van der Waals surface area (Å²) in [6, 6.07) is 28.4. The van der Waals surface area contributed by atoms with Crippen molar-refractivity contribution >= 4 is 23.8 Å². The smallest absolute Gasteiger partial charge is 0.206 e. The third-order valence-electron chi connectivity index (χ3n) is 4.69. The lowest BCUT2D eigenvalue weighted by Crippen LogP contribution is -2.43. The fourth-order valence-electron chi connectivity index (χ4n) is 2.98. The molecule has 2 aromatic heterocycles. The van der Waals surface area contributed by atoms with E-state index >= 15 is 0 Å². The van der Waals surface area contributed by atoms with Gasteiger partial charge in [0.1, 0.15) is 0 Å². The molecule has 0 fully saturated rings. The number of aliphatic imine (C=N–C) groups is 2. The van der Waals surface area contributed by atoms with Gasteiger partial charge in [-0.2, -0.15) is 9.13 Å². The van der Waals surface area contributed by atoms with Gasteiger partial charge in [-0.3, -0.25) is 9.98 Å². The number of hydrogen-bond acceptors (Lipinski definition) is 2. The Morgan fingerprint density at radius 2 is 0.867 bits per heavy atom. The van der Waals surface area contributed by atoms with E-state index in [-0.39, 0.29) is 0 Å². The van der Waals surface area contributed by atoms with Crippen molar-refractivity contribution in [2.24, 2.45) is 9.98 Å². The monoisotopic (exact) mass is 392 g/mol. The van der Waals surface area contributed by atoms with Gasteiger partial charge < -0.3 is 0 Å². The van der Waals surface area contributed by atoms with Crippen molar-refractivity contribution in [3.05, 3.63) is 121 Å². The van der Waals surface area contributed by atoms with Crippen LogP contribution in [0.3, 0.4) is 0 Å². The lowest BCUT2D eigenvalue weighted by molar-refractivity contribution is -0.778. The SMILES string of the molecule is C(=Nc1cc[n+](CC[n+]2ccc(N=Cc3ccccc3)cc2)cc1)c1ccccc1. The normalized spacial score (nSPS) is 11.3. The highest BCUT2D eigenvalue weighted by Gasteiger charge is 2.06. The maximum absolute atomic E-state index is 4.53. The molecule has 2 heterocycles. The summed E-state index contributed by atoms with van der Waals surface area (Å²) < 4.78 is 4.33. The van der Waals surface area contributed by atoms with Gasteiger partial charge in [0.25, 0.3) is 0 Å². The second-order valence-electron chi connectivity index (χ2n) is 6.93. The third kappa shape index (κ3) is 5.79. The summed E-state index contributed by atoms with van der Waals surface area (Å²) in [5, 5.41) is 0. The standard InChI is InChI=1S/C26H24N4/c1-3-7-23(8-4-1)21-27-25-11-15-29(16-12-25)19-20-30-17-13-26(14-18-30)28-22-24-9-5-2-6-10-24/h1-18,21-22H,19-20H2/q+2. The first-order valence-electron chi connectivity index (χ1n) is 10.0. The molecule has 0 saturated carbocycles. The molecule has 0 N–H and O–H groups in total. The highest BCUT2D eigenvalue weighted by Crippen LogP contribution is 2.09. The molecule has 0 radical (unpaired) electrons. The topological polar surface area (TPSA) is 32.5 Å². The molecule has 4 aromatic rings. The molecule has 0 saturated heterocycles. The fourth-order valence-corrected chi connectivity index (χ4v) is 2.98. The molecule has 0 amide bonds. The van der Waals surface area contributed by atoms with Crippen molar-refractivity contribution in [1.29, 1.82) is 0 Å². The first-order chi connectivity index (χ1) is 14.8. The Balaban J connectivity index is 1.30. The summed E-state index contributed by atoms with van der Waals surface area (Å²) >= 11 is 0. The Morgan fingerprint density at radius 3 is 1.23 bits per heavy atom. The van der Waals surface area contributed by atoms with Gasteiger partial charge in [-0.05, 0) is 11.1 Å². The highest BCUT2D eigenvalue weighted by atomic mass is 15.0. The average Bonchev–Trinajstić information content (AvgIpc) is 2.83. The molecule has 0 unspecified atom stereocenters. The molecule has 0 aliphatic carbocycles. The number of hydrogen-bond donors (Lipinski definition) is 0. The summed E-state index contributed by atoms with van der Waals surface area (Å²) in [6.07, 6.45) is 12.0. The summed E-state index contributed by atoms with van der Waals surface area (Å²) in [7, 11) is 0. The van der Waals surface area contributed by atoms with Crippen LogP contribution in [0.25, 0.3) is 0 Å². The van der Waals surface area contributed by atoms with Crippen LogP contribution in [0.4, 0.5) is 11.4 Å². The van der Waals surface area contributed by atoms with E-state index in [4.69, 9.17) is 0 Å². The van der Waals surface area contributed by atoms with Crippen molar-refractivity contribution < 1.29 is 9.13 Å². The predicted octanol–water partition coefficient (Wildman–Crippen LogP) is 4.46. The minimum absolute atomic E-state index is 0.889. The Morgan fingerprint density at radius 1 is 0.500 bits per heavy atom. The van der Waals surface area contributed by atoms with Crippen LogP contribution in [0.1, 0.15) is 11.1 Å².